The van der Waals surface area contributed by atoms with Gasteiger partial charge in [-0.05, 0) is 112 Å². The van der Waals surface area contributed by atoms with Crippen LogP contribution in [0.5, 0.6) is 0 Å². The maximum Gasteiger partial charge on any atom is 0.156 e. The second-order valence-corrected chi connectivity index (χ2v) is 13.8. The number of hydrogen-bond donors (Lipinski definition) is 0. The van der Waals surface area contributed by atoms with Gasteiger partial charge >= 0.3 is 0 Å². The van der Waals surface area contributed by atoms with Gasteiger partial charge in [0.05, 0.1) is 11.8 Å². The number of rotatable bonds is 2. The van der Waals surface area contributed by atoms with Gasteiger partial charge in [0.2, 0.25) is 0 Å². The van der Waals surface area contributed by atoms with E-state index in [9.17, 15) is 0 Å². The predicted molar refractivity (Wildman–Crippen MR) is 195 cm³/mol. The van der Waals surface area contributed by atoms with E-state index in [2.05, 4.69) is 158 Å². The van der Waals surface area contributed by atoms with Gasteiger partial charge in [0.25, 0.3) is 0 Å². The fourth-order valence-electron chi connectivity index (χ4n) is 9.60. The van der Waals surface area contributed by atoms with Crippen LogP contribution >= 0.6 is 0 Å². The Hall–Kier alpha value is -5.79. The zero-order valence-corrected chi connectivity index (χ0v) is 26.2. The standard InChI is InChI=1S/C47H30O/c48-47-45-38-25-32-17-9-7-15-30(32)23-36(38)40(27-11-3-1-4-12-27)34-21-19-29-20-22-35-41(28-13-5-2-6-14-28)37-24-31-16-8-10-18-33(31)26-39(37)46(47)44(35)42(29)43(34)45/h1-26,40-41,45-46H. The van der Waals surface area contributed by atoms with Crippen LogP contribution in [0, 0.1) is 0 Å². The third-order valence-corrected chi connectivity index (χ3v) is 11.5. The topological polar surface area (TPSA) is 17.1 Å². The van der Waals surface area contributed by atoms with Crippen LogP contribution in [0.15, 0.2) is 158 Å². The summed E-state index contributed by atoms with van der Waals surface area (Å²) in [5, 5.41) is 7.32. The number of benzene rings is 8. The Morgan fingerprint density at radius 1 is 0.312 bits per heavy atom. The normalized spacial score (nSPS) is 20.1. The van der Waals surface area contributed by atoms with Crippen LogP contribution < -0.4 is 0 Å². The van der Waals surface area contributed by atoms with E-state index >= 15 is 4.79 Å². The molecule has 0 saturated heterocycles. The second kappa shape index (κ2) is 9.62. The SMILES string of the molecule is O=C1C2c3cc4ccccc4cc3C(c3ccccc3)c3ccc4ccc5c(c4c32)C1c1cc2ccccc2cc1C5c1ccccc1. The quantitative estimate of drug-likeness (QED) is 0.190. The molecule has 0 aromatic heterocycles. The molecule has 0 N–H and O–H groups in total. The zero-order chi connectivity index (χ0) is 31.5. The van der Waals surface area contributed by atoms with E-state index in [1.807, 2.05) is 0 Å². The minimum Gasteiger partial charge on any atom is -0.298 e. The van der Waals surface area contributed by atoms with Crippen molar-refractivity contribution in [1.29, 1.82) is 0 Å². The van der Waals surface area contributed by atoms with Gasteiger partial charge in [-0.2, -0.15) is 0 Å². The summed E-state index contributed by atoms with van der Waals surface area (Å²) in [6.45, 7) is 0. The Morgan fingerprint density at radius 3 is 1.06 bits per heavy atom. The number of Topliss-reactive ketones (excluding diaryl/α,β-unsaturated/α-hetero) is 1. The molecule has 3 aliphatic carbocycles. The summed E-state index contributed by atoms with van der Waals surface area (Å²) in [6, 6.07) is 57.6. The highest BCUT2D eigenvalue weighted by molar-refractivity contribution is 6.12. The van der Waals surface area contributed by atoms with Gasteiger partial charge in [0.15, 0.2) is 5.78 Å². The van der Waals surface area contributed by atoms with E-state index < -0.39 is 0 Å². The van der Waals surface area contributed by atoms with E-state index in [0.717, 1.165) is 11.1 Å². The summed E-state index contributed by atoms with van der Waals surface area (Å²) in [5.41, 5.74) is 12.3. The molecule has 48 heavy (non-hydrogen) atoms. The maximum atomic E-state index is 15.6. The Labute approximate surface area is 279 Å². The van der Waals surface area contributed by atoms with Crippen molar-refractivity contribution >= 4 is 38.1 Å². The van der Waals surface area contributed by atoms with Gasteiger partial charge in [0.1, 0.15) is 0 Å². The summed E-state index contributed by atoms with van der Waals surface area (Å²) < 4.78 is 0. The first-order valence-electron chi connectivity index (χ1n) is 17.0. The fourth-order valence-corrected chi connectivity index (χ4v) is 9.60. The fraction of sp³-hybridized carbons (Fsp3) is 0.0851. The number of fused-ring (bicyclic) bond motifs is 6. The number of carbonyl (C=O) groups excluding carboxylic acids is 1. The molecular weight excluding hydrogens is 581 g/mol. The van der Waals surface area contributed by atoms with Crippen LogP contribution in [0.1, 0.15) is 79.3 Å². The zero-order valence-electron chi connectivity index (χ0n) is 26.2. The highest BCUT2D eigenvalue weighted by Gasteiger charge is 2.49. The van der Waals surface area contributed by atoms with Gasteiger partial charge in [-0.3, -0.25) is 4.79 Å². The smallest absolute Gasteiger partial charge is 0.156 e. The lowest BCUT2D eigenvalue weighted by Crippen LogP contribution is -2.35. The number of hydrogen-bond acceptors (Lipinski definition) is 1. The molecule has 8 aromatic rings. The highest BCUT2D eigenvalue weighted by Crippen LogP contribution is 2.59. The average molecular weight is 611 g/mol. The first-order valence-corrected chi connectivity index (χ1v) is 17.0. The maximum absolute atomic E-state index is 15.6. The monoisotopic (exact) mass is 610 g/mol. The largest absolute Gasteiger partial charge is 0.298 e. The van der Waals surface area contributed by atoms with Crippen molar-refractivity contribution in [1.82, 2.24) is 0 Å². The summed E-state index contributed by atoms with van der Waals surface area (Å²) >= 11 is 0. The number of carbonyl (C=O) groups is 1. The summed E-state index contributed by atoms with van der Waals surface area (Å²) in [5.74, 6) is -0.264. The Bertz CT molecular complexity index is 2470. The Morgan fingerprint density at radius 2 is 0.667 bits per heavy atom. The summed E-state index contributed by atoms with van der Waals surface area (Å²) in [4.78, 5) is 15.6. The van der Waals surface area contributed by atoms with Crippen molar-refractivity contribution in [3.63, 3.8) is 0 Å². The minimum absolute atomic E-state index is 0.0476. The summed E-state index contributed by atoms with van der Waals surface area (Å²) in [6.07, 6.45) is 0. The molecule has 1 nitrogen and oxygen atoms in total. The van der Waals surface area contributed by atoms with Crippen molar-refractivity contribution in [3.8, 4) is 0 Å². The Kier molecular flexibility index (Phi) is 5.27. The molecule has 224 valence electrons. The first kappa shape index (κ1) is 26.3. The molecule has 11 rings (SSSR count). The van der Waals surface area contributed by atoms with Crippen molar-refractivity contribution in [2.75, 3.05) is 0 Å². The van der Waals surface area contributed by atoms with Gasteiger partial charge < -0.3 is 0 Å². The lowest BCUT2D eigenvalue weighted by atomic mass is 9.57. The number of ketones is 1. The highest BCUT2D eigenvalue weighted by atomic mass is 16.1. The molecule has 0 bridgehead atoms. The second-order valence-electron chi connectivity index (χ2n) is 13.8. The van der Waals surface area contributed by atoms with E-state index in [0.29, 0.717) is 5.78 Å². The molecular formula is C47H30O. The Balaban J connectivity index is 1.30. The molecule has 0 heterocycles. The molecule has 1 heteroatoms. The van der Waals surface area contributed by atoms with Crippen LogP contribution in [0.2, 0.25) is 0 Å². The molecule has 0 amide bonds. The summed E-state index contributed by atoms with van der Waals surface area (Å²) in [7, 11) is 0. The molecule has 0 aliphatic heterocycles. The molecule has 0 fully saturated rings. The molecule has 4 atom stereocenters. The van der Waals surface area contributed by atoms with E-state index in [1.54, 1.807) is 0 Å². The van der Waals surface area contributed by atoms with Crippen molar-refractivity contribution < 1.29 is 4.79 Å². The molecule has 3 aliphatic rings. The lowest BCUT2D eigenvalue weighted by molar-refractivity contribution is -0.120. The molecule has 0 radical (unpaired) electrons. The first-order chi connectivity index (χ1) is 23.7. The molecule has 0 spiro atoms. The van der Waals surface area contributed by atoms with Crippen LogP contribution in [0.25, 0.3) is 32.3 Å². The van der Waals surface area contributed by atoms with Gasteiger partial charge in [-0.25, -0.2) is 0 Å². The van der Waals surface area contributed by atoms with Crippen molar-refractivity contribution in [2.45, 2.75) is 23.7 Å². The van der Waals surface area contributed by atoms with Gasteiger partial charge in [-0.1, -0.05) is 133 Å². The average Bonchev–Trinajstić information content (AvgIpc) is 3.14. The molecule has 8 aromatic carbocycles. The van der Waals surface area contributed by atoms with E-state index in [1.165, 1.54) is 76.8 Å². The predicted octanol–water partition coefficient (Wildman–Crippen LogP) is 11.0. The van der Waals surface area contributed by atoms with Crippen molar-refractivity contribution in [2.24, 2.45) is 0 Å². The van der Waals surface area contributed by atoms with Crippen molar-refractivity contribution in [3.05, 3.63) is 213 Å². The third-order valence-electron chi connectivity index (χ3n) is 11.5. The van der Waals surface area contributed by atoms with Crippen LogP contribution in [-0.4, -0.2) is 5.78 Å². The molecule has 4 unspecified atom stereocenters. The lowest BCUT2D eigenvalue weighted by Gasteiger charge is -2.44. The van der Waals surface area contributed by atoms with Gasteiger partial charge in [0, 0.05) is 11.8 Å². The van der Waals surface area contributed by atoms with Crippen LogP contribution in [0.4, 0.5) is 0 Å². The van der Waals surface area contributed by atoms with Gasteiger partial charge in [-0.15, -0.1) is 0 Å². The van der Waals surface area contributed by atoms with Crippen LogP contribution in [0.3, 0.4) is 0 Å². The third kappa shape index (κ3) is 3.43. The van der Waals surface area contributed by atoms with E-state index in [-0.39, 0.29) is 23.7 Å². The minimum atomic E-state index is -0.330. The molecule has 0 saturated carbocycles. The van der Waals surface area contributed by atoms with Crippen LogP contribution in [-0.2, 0) is 4.79 Å². The van der Waals surface area contributed by atoms with E-state index in [4.69, 9.17) is 0 Å².